The molecule has 0 unspecified atom stereocenters. The van der Waals surface area contributed by atoms with Crippen molar-refractivity contribution in [3.05, 3.63) is 94.0 Å². The molecule has 0 fully saturated rings. The number of carbonyl (C=O) groups excluding carboxylic acids is 1. The Morgan fingerprint density at radius 3 is 2.55 bits per heavy atom. The molecule has 0 amide bonds. The number of hydrogen-bond acceptors (Lipinski definition) is 4. The van der Waals surface area contributed by atoms with Gasteiger partial charge in [0.15, 0.2) is 6.61 Å². The van der Waals surface area contributed by atoms with E-state index in [0.29, 0.717) is 38.2 Å². The quantitative estimate of drug-likeness (QED) is 0.209. The van der Waals surface area contributed by atoms with E-state index >= 15 is 0 Å². The monoisotopic (exact) mass is 423 g/mol. The van der Waals surface area contributed by atoms with Crippen molar-refractivity contribution in [3.63, 3.8) is 0 Å². The maximum absolute atomic E-state index is 12.1. The molecule has 0 saturated heterocycles. The summed E-state index contributed by atoms with van der Waals surface area (Å²) in [5, 5.41) is 10.4. The molecule has 0 N–H and O–H groups in total. The lowest BCUT2D eigenvalue weighted by Gasteiger charge is -2.08. The van der Waals surface area contributed by atoms with Crippen molar-refractivity contribution < 1.29 is 14.3 Å². The summed E-state index contributed by atoms with van der Waals surface area (Å²) < 4.78 is 10.7. The number of allylic oxidation sites excluding steroid dienone is 1. The smallest absolute Gasteiger partial charge is 0.349 e. The van der Waals surface area contributed by atoms with Crippen LogP contribution in [0.5, 0.6) is 11.5 Å². The maximum Gasteiger partial charge on any atom is 0.349 e. The van der Waals surface area contributed by atoms with Gasteiger partial charge >= 0.3 is 5.97 Å². The number of carbonyl (C=O) groups is 1. The minimum atomic E-state index is -0.568. The lowest BCUT2D eigenvalue weighted by Crippen LogP contribution is -2.17. The zero-order chi connectivity index (χ0) is 20.6. The summed E-state index contributed by atoms with van der Waals surface area (Å²) in [5.74, 6) is 0.180. The van der Waals surface area contributed by atoms with Crippen LogP contribution in [-0.2, 0) is 4.79 Å². The fourth-order valence-corrected chi connectivity index (χ4v) is 2.91. The zero-order valence-corrected chi connectivity index (χ0v) is 16.7. The summed E-state index contributed by atoms with van der Waals surface area (Å²) in [6, 6.07) is 22.9. The van der Waals surface area contributed by atoms with Gasteiger partial charge in [-0.3, -0.25) is 0 Å². The third kappa shape index (κ3) is 5.86. The molecule has 29 heavy (non-hydrogen) atoms. The van der Waals surface area contributed by atoms with Gasteiger partial charge in [0.1, 0.15) is 11.5 Å². The van der Waals surface area contributed by atoms with Crippen molar-refractivity contribution in [1.29, 1.82) is 5.26 Å². The Labute approximate surface area is 178 Å². The fourth-order valence-electron chi connectivity index (χ4n) is 2.53. The third-order valence-electron chi connectivity index (χ3n) is 3.84. The Bertz CT molecular complexity index is 1100. The lowest BCUT2D eigenvalue weighted by molar-refractivity contribution is -0.136. The highest BCUT2D eigenvalue weighted by Gasteiger charge is 2.09. The van der Waals surface area contributed by atoms with Crippen LogP contribution >= 0.6 is 23.2 Å². The van der Waals surface area contributed by atoms with Gasteiger partial charge in [0.05, 0.1) is 16.7 Å². The van der Waals surface area contributed by atoms with Crippen LogP contribution in [0, 0.1) is 11.3 Å². The number of para-hydroxylation sites is 1. The Hall–Kier alpha value is -3.26. The average molecular weight is 424 g/mol. The molecule has 0 atom stereocenters. The van der Waals surface area contributed by atoms with Crippen LogP contribution in [0.15, 0.2) is 72.8 Å². The molecular formula is C23H15Cl2NO3. The van der Waals surface area contributed by atoms with Gasteiger partial charge in [0, 0.05) is 5.02 Å². The van der Waals surface area contributed by atoms with E-state index in [9.17, 15) is 10.1 Å². The first-order valence-electron chi connectivity index (χ1n) is 8.61. The van der Waals surface area contributed by atoms with Crippen LogP contribution in [-0.4, -0.2) is 12.6 Å². The Balaban J connectivity index is 1.69. The van der Waals surface area contributed by atoms with Crippen molar-refractivity contribution in [1.82, 2.24) is 0 Å². The van der Waals surface area contributed by atoms with Gasteiger partial charge in [0.2, 0.25) is 0 Å². The zero-order valence-electron chi connectivity index (χ0n) is 15.1. The molecule has 0 saturated carbocycles. The highest BCUT2D eigenvalue weighted by atomic mass is 35.5. The van der Waals surface area contributed by atoms with Crippen molar-refractivity contribution in [2.75, 3.05) is 6.61 Å². The predicted octanol–water partition coefficient (Wildman–Crippen LogP) is 6.04. The predicted molar refractivity (Wildman–Crippen MR) is 114 cm³/mol. The fraction of sp³-hybridized carbons (Fsp3) is 0.0435. The van der Waals surface area contributed by atoms with Crippen LogP contribution < -0.4 is 9.47 Å². The summed E-state index contributed by atoms with van der Waals surface area (Å²) in [6.07, 6.45) is 1.70. The molecule has 0 aliphatic heterocycles. The van der Waals surface area contributed by atoms with E-state index in [2.05, 4.69) is 6.07 Å². The second kappa shape index (κ2) is 9.79. The van der Waals surface area contributed by atoms with E-state index < -0.39 is 5.97 Å². The van der Waals surface area contributed by atoms with Gasteiger partial charge in [-0.05, 0) is 53.6 Å². The molecule has 3 aromatic carbocycles. The highest BCUT2D eigenvalue weighted by Crippen LogP contribution is 2.24. The molecule has 4 nitrogen and oxygen atoms in total. The number of nitriles is 1. The largest absolute Gasteiger partial charge is 0.480 e. The van der Waals surface area contributed by atoms with Crippen LogP contribution in [0.1, 0.15) is 11.1 Å². The van der Waals surface area contributed by atoms with Crippen molar-refractivity contribution >= 4 is 40.8 Å². The van der Waals surface area contributed by atoms with Gasteiger partial charge in [-0.2, -0.15) is 5.26 Å². The van der Waals surface area contributed by atoms with E-state index in [1.54, 1.807) is 78.9 Å². The number of nitrogens with zero attached hydrogens (tertiary/aromatic N) is 1. The number of rotatable bonds is 6. The van der Waals surface area contributed by atoms with Gasteiger partial charge in [-0.25, -0.2) is 4.79 Å². The number of esters is 1. The average Bonchev–Trinajstić information content (AvgIpc) is 2.72. The highest BCUT2D eigenvalue weighted by molar-refractivity contribution is 6.32. The minimum Gasteiger partial charge on any atom is -0.480 e. The summed E-state index contributed by atoms with van der Waals surface area (Å²) in [7, 11) is 0. The summed E-state index contributed by atoms with van der Waals surface area (Å²) in [4.78, 5) is 12.1. The van der Waals surface area contributed by atoms with Crippen LogP contribution in [0.3, 0.4) is 0 Å². The Morgan fingerprint density at radius 1 is 1.00 bits per heavy atom. The Morgan fingerprint density at radius 2 is 1.79 bits per heavy atom. The first kappa shape index (κ1) is 20.5. The van der Waals surface area contributed by atoms with Crippen molar-refractivity contribution in [2.45, 2.75) is 0 Å². The number of halogens is 2. The van der Waals surface area contributed by atoms with E-state index in [4.69, 9.17) is 32.7 Å². The molecule has 0 aromatic heterocycles. The van der Waals surface area contributed by atoms with E-state index in [0.717, 1.165) is 0 Å². The first-order valence-corrected chi connectivity index (χ1v) is 9.36. The lowest BCUT2D eigenvalue weighted by atomic mass is 10.0. The topological polar surface area (TPSA) is 59.3 Å². The molecule has 0 heterocycles. The van der Waals surface area contributed by atoms with Gasteiger partial charge < -0.3 is 9.47 Å². The number of benzene rings is 3. The van der Waals surface area contributed by atoms with Gasteiger partial charge in [-0.1, -0.05) is 59.6 Å². The van der Waals surface area contributed by atoms with Crippen molar-refractivity contribution in [3.8, 4) is 17.6 Å². The molecule has 0 aliphatic rings. The summed E-state index contributed by atoms with van der Waals surface area (Å²) in [6.45, 7) is -0.282. The van der Waals surface area contributed by atoms with Crippen LogP contribution in [0.2, 0.25) is 10.0 Å². The molecule has 3 rings (SSSR count). The molecule has 0 aliphatic carbocycles. The maximum atomic E-state index is 12.1. The summed E-state index contributed by atoms with van der Waals surface area (Å²) in [5.41, 5.74) is 1.85. The molecule has 3 aromatic rings. The normalized spacial score (nSPS) is 10.9. The van der Waals surface area contributed by atoms with E-state index in [-0.39, 0.29) is 6.61 Å². The second-order valence-electron chi connectivity index (χ2n) is 5.95. The van der Waals surface area contributed by atoms with Crippen LogP contribution in [0.25, 0.3) is 11.6 Å². The van der Waals surface area contributed by atoms with E-state index in [1.165, 1.54) is 0 Å². The first-order chi connectivity index (χ1) is 14.0. The molecule has 144 valence electrons. The minimum absolute atomic E-state index is 0.282. The van der Waals surface area contributed by atoms with Crippen LogP contribution in [0.4, 0.5) is 0 Å². The third-order valence-corrected chi connectivity index (χ3v) is 4.39. The van der Waals surface area contributed by atoms with Gasteiger partial charge in [0.25, 0.3) is 0 Å². The number of hydrogen-bond donors (Lipinski definition) is 0. The van der Waals surface area contributed by atoms with Crippen molar-refractivity contribution in [2.24, 2.45) is 0 Å². The summed E-state index contributed by atoms with van der Waals surface area (Å²) >= 11 is 12.0. The SMILES string of the molecule is N#C/C(=C/c1cccc(OC(=O)COc2ccccc2Cl)c1)c1cccc(Cl)c1. The van der Waals surface area contributed by atoms with E-state index in [1.807, 2.05) is 0 Å². The second-order valence-corrected chi connectivity index (χ2v) is 6.79. The molecule has 6 heteroatoms. The molecule has 0 radical (unpaired) electrons. The molecule has 0 bridgehead atoms. The van der Waals surface area contributed by atoms with Gasteiger partial charge in [-0.15, -0.1) is 0 Å². The standard InChI is InChI=1S/C23H15Cl2NO3/c24-19-7-4-6-17(13-19)18(14-26)11-16-5-3-8-20(12-16)29-23(27)15-28-22-10-2-1-9-21(22)25/h1-13H,15H2/b18-11-. The molecule has 0 spiro atoms. The molecular weight excluding hydrogens is 409 g/mol. The Kier molecular flexibility index (Phi) is 6.91. The number of ether oxygens (including phenoxy) is 2.